The zero-order valence-corrected chi connectivity index (χ0v) is 10.1. The largest absolute Gasteiger partial charge is 0.385 e. The van der Waals surface area contributed by atoms with E-state index in [9.17, 15) is 4.79 Å². The number of ketones is 1. The summed E-state index contributed by atoms with van der Waals surface area (Å²) in [7, 11) is 1.62. The van der Waals surface area contributed by atoms with Crippen LogP contribution in [0.15, 0.2) is 0 Å². The molecule has 0 saturated carbocycles. The van der Waals surface area contributed by atoms with Crippen molar-refractivity contribution in [3.8, 4) is 0 Å². The third kappa shape index (κ3) is 5.87. The maximum absolute atomic E-state index is 11.8. The van der Waals surface area contributed by atoms with Crippen molar-refractivity contribution in [3.05, 3.63) is 0 Å². The van der Waals surface area contributed by atoms with Gasteiger partial charge in [-0.1, -0.05) is 6.92 Å². The first-order valence-electron chi connectivity index (χ1n) is 5.43. The second kappa shape index (κ2) is 8.83. The number of rotatable bonds is 9. The summed E-state index contributed by atoms with van der Waals surface area (Å²) in [5.74, 6) is -0.0937. The molecular formula is C11H22O4. The Kier molecular flexibility index (Phi) is 8.56. The maximum Gasteiger partial charge on any atom is 0.218 e. The molecule has 0 aliphatic carbocycles. The molecule has 0 saturated heterocycles. The topological polar surface area (TPSA) is 44.8 Å². The van der Waals surface area contributed by atoms with Gasteiger partial charge in [0.1, 0.15) is 0 Å². The molecule has 0 bridgehead atoms. The van der Waals surface area contributed by atoms with Crippen LogP contribution in [0, 0.1) is 5.92 Å². The summed E-state index contributed by atoms with van der Waals surface area (Å²) in [6.07, 6.45) is -0.0155. The summed E-state index contributed by atoms with van der Waals surface area (Å²) >= 11 is 0. The van der Waals surface area contributed by atoms with Crippen molar-refractivity contribution in [2.45, 2.75) is 33.5 Å². The Labute approximate surface area is 91.9 Å². The Morgan fingerprint density at radius 2 is 1.73 bits per heavy atom. The lowest BCUT2D eigenvalue weighted by atomic mass is 10.0. The van der Waals surface area contributed by atoms with E-state index in [1.165, 1.54) is 0 Å². The van der Waals surface area contributed by atoms with E-state index in [1.807, 2.05) is 20.8 Å². The SMILES string of the molecule is CCOC(OCC)C(=O)C(C)CCOC. The lowest BCUT2D eigenvalue weighted by Gasteiger charge is -2.19. The van der Waals surface area contributed by atoms with Crippen molar-refractivity contribution in [2.24, 2.45) is 5.92 Å². The number of carbonyl (C=O) groups excluding carboxylic acids is 1. The molecule has 0 aromatic rings. The highest BCUT2D eigenvalue weighted by Crippen LogP contribution is 2.10. The molecule has 0 aliphatic heterocycles. The van der Waals surface area contributed by atoms with E-state index >= 15 is 0 Å². The number of ether oxygens (including phenoxy) is 3. The highest BCUT2D eigenvalue weighted by atomic mass is 16.7. The Morgan fingerprint density at radius 1 is 1.20 bits per heavy atom. The van der Waals surface area contributed by atoms with E-state index in [-0.39, 0.29) is 11.7 Å². The number of hydrogen-bond donors (Lipinski definition) is 0. The van der Waals surface area contributed by atoms with Gasteiger partial charge < -0.3 is 14.2 Å². The summed E-state index contributed by atoms with van der Waals surface area (Å²) in [5.41, 5.74) is 0. The summed E-state index contributed by atoms with van der Waals surface area (Å²) in [4.78, 5) is 11.8. The quantitative estimate of drug-likeness (QED) is 0.552. The number of Topliss-reactive ketones (excluding diaryl/α,β-unsaturated/α-hetero) is 1. The smallest absolute Gasteiger partial charge is 0.218 e. The van der Waals surface area contributed by atoms with Gasteiger partial charge in [0.15, 0.2) is 5.78 Å². The molecule has 1 atom stereocenters. The van der Waals surface area contributed by atoms with Gasteiger partial charge in [-0.15, -0.1) is 0 Å². The van der Waals surface area contributed by atoms with Crippen molar-refractivity contribution in [3.63, 3.8) is 0 Å². The molecule has 4 nitrogen and oxygen atoms in total. The van der Waals surface area contributed by atoms with Crippen LogP contribution in [0.1, 0.15) is 27.2 Å². The van der Waals surface area contributed by atoms with Crippen LogP contribution in [0.3, 0.4) is 0 Å². The zero-order valence-electron chi connectivity index (χ0n) is 10.1. The normalized spacial score (nSPS) is 13.1. The first-order chi connectivity index (χ1) is 7.17. The highest BCUT2D eigenvalue weighted by Gasteiger charge is 2.24. The number of hydrogen-bond acceptors (Lipinski definition) is 4. The Bertz CT molecular complexity index is 164. The molecule has 4 heteroatoms. The molecule has 0 rings (SSSR count). The summed E-state index contributed by atoms with van der Waals surface area (Å²) in [6, 6.07) is 0. The molecule has 0 spiro atoms. The third-order valence-electron chi connectivity index (χ3n) is 2.11. The van der Waals surface area contributed by atoms with Gasteiger partial charge in [-0.25, -0.2) is 0 Å². The van der Waals surface area contributed by atoms with Gasteiger partial charge in [0.05, 0.1) is 0 Å². The van der Waals surface area contributed by atoms with Crippen molar-refractivity contribution >= 4 is 5.78 Å². The first-order valence-corrected chi connectivity index (χ1v) is 5.43. The summed E-state index contributed by atoms with van der Waals surface area (Å²) < 4.78 is 15.4. The minimum absolute atomic E-state index is 0.00394. The van der Waals surface area contributed by atoms with Crippen LogP contribution in [0.25, 0.3) is 0 Å². The second-order valence-electron chi connectivity index (χ2n) is 3.33. The summed E-state index contributed by atoms with van der Waals surface area (Å²) in [5, 5.41) is 0. The minimum Gasteiger partial charge on any atom is -0.385 e. The van der Waals surface area contributed by atoms with Crippen LogP contribution in [0.2, 0.25) is 0 Å². The van der Waals surface area contributed by atoms with E-state index in [4.69, 9.17) is 14.2 Å². The average Bonchev–Trinajstić information content (AvgIpc) is 2.24. The molecule has 0 aromatic carbocycles. The van der Waals surface area contributed by atoms with Gasteiger partial charge in [-0.3, -0.25) is 4.79 Å². The molecule has 90 valence electrons. The van der Waals surface area contributed by atoms with Gasteiger partial charge in [0.25, 0.3) is 0 Å². The second-order valence-corrected chi connectivity index (χ2v) is 3.33. The van der Waals surface area contributed by atoms with E-state index in [0.717, 1.165) is 0 Å². The molecule has 0 radical (unpaired) electrons. The van der Waals surface area contributed by atoms with Gasteiger partial charge in [-0.2, -0.15) is 0 Å². The number of methoxy groups -OCH3 is 1. The minimum atomic E-state index is -0.716. The number of carbonyl (C=O) groups is 1. The van der Waals surface area contributed by atoms with E-state index in [1.54, 1.807) is 7.11 Å². The summed E-state index contributed by atoms with van der Waals surface area (Å²) in [6.45, 7) is 7.10. The van der Waals surface area contributed by atoms with Gasteiger partial charge in [-0.05, 0) is 20.3 Å². The van der Waals surface area contributed by atoms with E-state index in [2.05, 4.69) is 0 Å². The molecule has 15 heavy (non-hydrogen) atoms. The van der Waals surface area contributed by atoms with Gasteiger partial charge >= 0.3 is 0 Å². The fraction of sp³-hybridized carbons (Fsp3) is 0.909. The van der Waals surface area contributed by atoms with Crippen LogP contribution < -0.4 is 0 Å². The van der Waals surface area contributed by atoms with Crippen LogP contribution in [-0.4, -0.2) is 39.0 Å². The first kappa shape index (κ1) is 14.6. The predicted molar refractivity (Wildman–Crippen MR) is 57.7 cm³/mol. The third-order valence-corrected chi connectivity index (χ3v) is 2.11. The molecule has 0 amide bonds. The van der Waals surface area contributed by atoms with Crippen LogP contribution in [0.4, 0.5) is 0 Å². The molecule has 0 aromatic heterocycles. The highest BCUT2D eigenvalue weighted by molar-refractivity contribution is 5.83. The zero-order chi connectivity index (χ0) is 11.7. The van der Waals surface area contributed by atoms with Gasteiger partial charge in [0.2, 0.25) is 6.29 Å². The standard InChI is InChI=1S/C11H22O4/c1-5-14-11(15-6-2)10(12)9(3)7-8-13-4/h9,11H,5-8H2,1-4H3. The molecule has 0 N–H and O–H groups in total. The monoisotopic (exact) mass is 218 g/mol. The molecule has 1 unspecified atom stereocenters. The van der Waals surface area contributed by atoms with Crippen molar-refractivity contribution in [1.29, 1.82) is 0 Å². The molecular weight excluding hydrogens is 196 g/mol. The lowest BCUT2D eigenvalue weighted by molar-refractivity contribution is -0.171. The maximum atomic E-state index is 11.8. The van der Waals surface area contributed by atoms with E-state index in [0.29, 0.717) is 26.2 Å². The van der Waals surface area contributed by atoms with Gasteiger partial charge in [0, 0.05) is 32.8 Å². The van der Waals surface area contributed by atoms with Crippen LogP contribution in [-0.2, 0) is 19.0 Å². The Morgan fingerprint density at radius 3 is 2.13 bits per heavy atom. The molecule has 0 aliphatic rings. The van der Waals surface area contributed by atoms with Crippen molar-refractivity contribution in [1.82, 2.24) is 0 Å². The molecule has 0 fully saturated rings. The molecule has 0 heterocycles. The van der Waals surface area contributed by atoms with Crippen molar-refractivity contribution in [2.75, 3.05) is 26.9 Å². The fourth-order valence-electron chi connectivity index (χ4n) is 1.18. The predicted octanol–water partition coefficient (Wildman–Crippen LogP) is 1.63. The van der Waals surface area contributed by atoms with E-state index < -0.39 is 6.29 Å². The average molecular weight is 218 g/mol. The van der Waals surface area contributed by atoms with Crippen molar-refractivity contribution < 1.29 is 19.0 Å². The Hall–Kier alpha value is -0.450. The lowest BCUT2D eigenvalue weighted by Crippen LogP contribution is -2.32. The fourth-order valence-corrected chi connectivity index (χ4v) is 1.18. The van der Waals surface area contributed by atoms with Crippen LogP contribution >= 0.6 is 0 Å². The Balaban J connectivity index is 4.08. The van der Waals surface area contributed by atoms with Crippen LogP contribution in [0.5, 0.6) is 0 Å².